The highest BCUT2D eigenvalue weighted by atomic mass is 35.5. The number of thiazole rings is 1. The number of benzene rings is 2. The lowest BCUT2D eigenvalue weighted by atomic mass is 10.2. The Bertz CT molecular complexity index is 987. The van der Waals surface area contributed by atoms with Crippen molar-refractivity contribution in [3.8, 4) is 0 Å². The van der Waals surface area contributed by atoms with E-state index in [-0.39, 0.29) is 17.2 Å². The summed E-state index contributed by atoms with van der Waals surface area (Å²) in [7, 11) is 0. The van der Waals surface area contributed by atoms with Crippen LogP contribution in [0.5, 0.6) is 0 Å². The third-order valence-corrected chi connectivity index (χ3v) is 4.52. The highest BCUT2D eigenvalue weighted by molar-refractivity contribution is 7.16. The summed E-state index contributed by atoms with van der Waals surface area (Å²) in [5.41, 5.74) is 1.51. The van der Waals surface area contributed by atoms with Crippen molar-refractivity contribution in [2.24, 2.45) is 0 Å². The SMILES string of the molecule is Cc1nc(C(=O)Nc2cccc(Cl)c2)c(Nc2cccc(C(=O)O)c2)s1. The Morgan fingerprint density at radius 3 is 2.58 bits per heavy atom. The average molecular weight is 388 g/mol. The maximum atomic E-state index is 12.6. The lowest BCUT2D eigenvalue weighted by Crippen LogP contribution is -2.14. The number of aryl methyl sites for hydroxylation is 1. The number of hydrogen-bond donors (Lipinski definition) is 3. The van der Waals surface area contributed by atoms with Crippen LogP contribution in [0, 0.1) is 6.92 Å². The fraction of sp³-hybridized carbons (Fsp3) is 0.0556. The number of amides is 1. The van der Waals surface area contributed by atoms with Crippen molar-refractivity contribution in [3.63, 3.8) is 0 Å². The molecule has 0 saturated carbocycles. The lowest BCUT2D eigenvalue weighted by Gasteiger charge is -2.08. The van der Waals surface area contributed by atoms with Crippen molar-refractivity contribution < 1.29 is 14.7 Å². The molecule has 0 saturated heterocycles. The number of carboxylic acids is 1. The Balaban J connectivity index is 1.85. The van der Waals surface area contributed by atoms with Gasteiger partial charge in [0, 0.05) is 16.4 Å². The Kier molecular flexibility index (Phi) is 5.20. The fourth-order valence-electron chi connectivity index (χ4n) is 2.28. The van der Waals surface area contributed by atoms with Crippen molar-refractivity contribution in [1.29, 1.82) is 0 Å². The molecule has 0 spiro atoms. The summed E-state index contributed by atoms with van der Waals surface area (Å²) in [5.74, 6) is -1.40. The summed E-state index contributed by atoms with van der Waals surface area (Å²) < 4.78 is 0. The quantitative estimate of drug-likeness (QED) is 0.585. The van der Waals surface area contributed by atoms with E-state index >= 15 is 0 Å². The first-order valence-corrected chi connectivity index (χ1v) is 8.76. The van der Waals surface area contributed by atoms with Gasteiger partial charge < -0.3 is 15.7 Å². The van der Waals surface area contributed by atoms with Crippen molar-refractivity contribution >= 4 is 51.2 Å². The number of carbonyl (C=O) groups is 2. The second-order valence-corrected chi connectivity index (χ2v) is 7.03. The van der Waals surface area contributed by atoms with Gasteiger partial charge in [0.15, 0.2) is 5.69 Å². The number of carboxylic acid groups (broad SMARTS) is 1. The van der Waals surface area contributed by atoms with E-state index in [4.69, 9.17) is 16.7 Å². The summed E-state index contributed by atoms with van der Waals surface area (Å²) in [6.45, 7) is 1.79. The molecule has 0 radical (unpaired) electrons. The number of aromatic nitrogens is 1. The molecule has 26 heavy (non-hydrogen) atoms. The molecule has 3 N–H and O–H groups in total. The molecule has 0 atom stereocenters. The predicted octanol–water partition coefficient (Wildman–Crippen LogP) is 4.80. The van der Waals surface area contributed by atoms with Gasteiger partial charge in [-0.3, -0.25) is 4.79 Å². The summed E-state index contributed by atoms with van der Waals surface area (Å²) in [6, 6.07) is 13.2. The minimum atomic E-state index is -1.02. The number of hydrogen-bond acceptors (Lipinski definition) is 5. The van der Waals surface area contributed by atoms with E-state index in [9.17, 15) is 9.59 Å². The second-order valence-electron chi connectivity index (χ2n) is 5.39. The normalized spacial score (nSPS) is 10.4. The Morgan fingerprint density at radius 1 is 1.12 bits per heavy atom. The van der Waals surface area contributed by atoms with Crippen LogP contribution in [0.2, 0.25) is 5.02 Å². The third-order valence-electron chi connectivity index (χ3n) is 3.40. The molecule has 1 heterocycles. The Labute approximate surface area is 158 Å². The summed E-state index contributed by atoms with van der Waals surface area (Å²) in [6.07, 6.45) is 0. The molecule has 3 aromatic rings. The Morgan fingerprint density at radius 2 is 1.85 bits per heavy atom. The largest absolute Gasteiger partial charge is 0.478 e. The van der Waals surface area contributed by atoms with E-state index in [0.29, 0.717) is 26.4 Å². The smallest absolute Gasteiger partial charge is 0.335 e. The first-order valence-electron chi connectivity index (χ1n) is 7.57. The highest BCUT2D eigenvalue weighted by Gasteiger charge is 2.18. The predicted molar refractivity (Wildman–Crippen MR) is 103 cm³/mol. The van der Waals surface area contributed by atoms with Crippen LogP contribution in [0.1, 0.15) is 25.9 Å². The van der Waals surface area contributed by atoms with E-state index < -0.39 is 5.97 Å². The van der Waals surface area contributed by atoms with Crippen LogP contribution >= 0.6 is 22.9 Å². The van der Waals surface area contributed by atoms with Crippen LogP contribution in [0.25, 0.3) is 0 Å². The second kappa shape index (κ2) is 7.55. The van der Waals surface area contributed by atoms with Gasteiger partial charge in [0.25, 0.3) is 5.91 Å². The summed E-state index contributed by atoms with van der Waals surface area (Å²) >= 11 is 7.24. The number of aromatic carboxylic acids is 1. The topological polar surface area (TPSA) is 91.3 Å². The van der Waals surface area contributed by atoms with Gasteiger partial charge in [-0.2, -0.15) is 0 Å². The molecule has 0 bridgehead atoms. The minimum Gasteiger partial charge on any atom is -0.478 e. The van der Waals surface area contributed by atoms with Crippen LogP contribution in [0.4, 0.5) is 16.4 Å². The zero-order valence-corrected chi connectivity index (χ0v) is 15.2. The molecule has 0 fully saturated rings. The molecule has 0 aliphatic rings. The maximum absolute atomic E-state index is 12.6. The van der Waals surface area contributed by atoms with Crippen LogP contribution in [-0.4, -0.2) is 22.0 Å². The van der Waals surface area contributed by atoms with Crippen LogP contribution in [0.3, 0.4) is 0 Å². The van der Waals surface area contributed by atoms with E-state index in [1.54, 1.807) is 43.3 Å². The van der Waals surface area contributed by atoms with E-state index in [2.05, 4.69) is 15.6 Å². The Hall–Kier alpha value is -2.90. The zero-order chi connectivity index (χ0) is 18.7. The molecular weight excluding hydrogens is 374 g/mol. The van der Waals surface area contributed by atoms with E-state index in [1.165, 1.54) is 23.5 Å². The fourth-order valence-corrected chi connectivity index (χ4v) is 3.31. The molecule has 3 rings (SSSR count). The van der Waals surface area contributed by atoms with Gasteiger partial charge in [-0.05, 0) is 43.3 Å². The van der Waals surface area contributed by atoms with Gasteiger partial charge in [0.05, 0.1) is 10.6 Å². The molecule has 0 aliphatic carbocycles. The molecule has 132 valence electrons. The molecule has 1 aromatic heterocycles. The monoisotopic (exact) mass is 387 g/mol. The zero-order valence-electron chi connectivity index (χ0n) is 13.6. The van der Waals surface area contributed by atoms with Gasteiger partial charge in [0.2, 0.25) is 0 Å². The maximum Gasteiger partial charge on any atom is 0.335 e. The van der Waals surface area contributed by atoms with Crippen LogP contribution < -0.4 is 10.6 Å². The number of halogens is 1. The molecule has 0 unspecified atom stereocenters. The first-order chi connectivity index (χ1) is 12.4. The van der Waals surface area contributed by atoms with Crippen molar-refractivity contribution in [2.75, 3.05) is 10.6 Å². The minimum absolute atomic E-state index is 0.154. The highest BCUT2D eigenvalue weighted by Crippen LogP contribution is 2.29. The van der Waals surface area contributed by atoms with Gasteiger partial charge in [0.1, 0.15) is 5.00 Å². The standard InChI is InChI=1S/C18H14ClN3O3S/c1-10-20-15(16(23)21-14-7-3-5-12(19)9-14)17(26-10)22-13-6-2-4-11(8-13)18(24)25/h2-9,22H,1H3,(H,21,23)(H,24,25). The molecule has 2 aromatic carbocycles. The van der Waals surface area contributed by atoms with E-state index in [0.717, 1.165) is 0 Å². The molecular formula is C18H14ClN3O3S. The number of anilines is 3. The first kappa shape index (κ1) is 17.9. The molecule has 6 nitrogen and oxygen atoms in total. The van der Waals surface area contributed by atoms with Crippen LogP contribution in [-0.2, 0) is 0 Å². The number of rotatable bonds is 5. The van der Waals surface area contributed by atoms with Gasteiger partial charge in [-0.1, -0.05) is 23.7 Å². The molecule has 8 heteroatoms. The van der Waals surface area contributed by atoms with Gasteiger partial charge >= 0.3 is 5.97 Å². The molecule has 1 amide bonds. The number of nitrogens with one attached hydrogen (secondary N) is 2. The third kappa shape index (κ3) is 4.19. The van der Waals surface area contributed by atoms with Gasteiger partial charge in [-0.25, -0.2) is 9.78 Å². The van der Waals surface area contributed by atoms with Crippen LogP contribution in [0.15, 0.2) is 48.5 Å². The number of carbonyl (C=O) groups excluding carboxylic acids is 1. The average Bonchev–Trinajstić information content (AvgIpc) is 2.95. The lowest BCUT2D eigenvalue weighted by molar-refractivity contribution is 0.0696. The van der Waals surface area contributed by atoms with E-state index in [1.807, 2.05) is 0 Å². The van der Waals surface area contributed by atoms with Crippen molar-refractivity contribution in [3.05, 3.63) is 69.8 Å². The van der Waals surface area contributed by atoms with Crippen molar-refractivity contribution in [1.82, 2.24) is 4.98 Å². The number of nitrogens with zero attached hydrogens (tertiary/aromatic N) is 1. The summed E-state index contributed by atoms with van der Waals surface area (Å²) in [5, 5.41) is 16.7. The van der Waals surface area contributed by atoms with Gasteiger partial charge in [-0.15, -0.1) is 11.3 Å². The summed E-state index contributed by atoms with van der Waals surface area (Å²) in [4.78, 5) is 28.0. The van der Waals surface area contributed by atoms with Crippen molar-refractivity contribution in [2.45, 2.75) is 6.92 Å². The molecule has 0 aliphatic heterocycles.